The molecule has 1 aliphatic heterocycles. The van der Waals surface area contributed by atoms with Crippen molar-refractivity contribution < 1.29 is 14.5 Å². The van der Waals surface area contributed by atoms with Gasteiger partial charge in [0.05, 0.1) is 35.2 Å². The van der Waals surface area contributed by atoms with E-state index in [9.17, 15) is 14.9 Å². The van der Waals surface area contributed by atoms with E-state index in [0.717, 1.165) is 35.9 Å². The molecule has 0 bridgehead atoms. The first-order valence-electron chi connectivity index (χ1n) is 10.4. The molecular formula is C23H24N4O4S. The number of non-ortho nitro benzene ring substituents is 1. The van der Waals surface area contributed by atoms with Crippen LogP contribution in [0.1, 0.15) is 18.4 Å². The van der Waals surface area contributed by atoms with Gasteiger partial charge in [-0.3, -0.25) is 14.9 Å². The molecule has 2 heterocycles. The van der Waals surface area contributed by atoms with Gasteiger partial charge in [-0.2, -0.15) is 0 Å². The van der Waals surface area contributed by atoms with Crippen LogP contribution in [0.4, 0.5) is 11.4 Å². The maximum atomic E-state index is 12.6. The second kappa shape index (κ2) is 9.97. The van der Waals surface area contributed by atoms with Crippen LogP contribution in [0.25, 0.3) is 11.3 Å². The molecule has 0 saturated carbocycles. The zero-order valence-electron chi connectivity index (χ0n) is 17.7. The quantitative estimate of drug-likeness (QED) is 0.303. The van der Waals surface area contributed by atoms with Gasteiger partial charge in [0.1, 0.15) is 0 Å². The van der Waals surface area contributed by atoms with Crippen LogP contribution in [0.2, 0.25) is 0 Å². The fourth-order valence-corrected chi connectivity index (χ4v) is 4.49. The third kappa shape index (κ3) is 5.17. The van der Waals surface area contributed by atoms with Crippen LogP contribution in [0.15, 0.2) is 59.9 Å². The highest BCUT2D eigenvalue weighted by Crippen LogP contribution is 2.29. The van der Waals surface area contributed by atoms with Crippen LogP contribution in [-0.4, -0.2) is 38.8 Å². The van der Waals surface area contributed by atoms with Gasteiger partial charge < -0.3 is 14.6 Å². The van der Waals surface area contributed by atoms with Crippen molar-refractivity contribution in [2.45, 2.75) is 37.6 Å². The first kappa shape index (κ1) is 22.0. The van der Waals surface area contributed by atoms with Crippen molar-refractivity contribution in [2.24, 2.45) is 0 Å². The molecule has 0 aliphatic carbocycles. The van der Waals surface area contributed by atoms with Gasteiger partial charge in [-0.1, -0.05) is 42.1 Å². The number of hydrogen-bond acceptors (Lipinski definition) is 6. The smallest absolute Gasteiger partial charge is 0.269 e. The zero-order chi connectivity index (χ0) is 22.5. The second-order valence-electron chi connectivity index (χ2n) is 7.63. The molecule has 9 heteroatoms. The van der Waals surface area contributed by atoms with Crippen molar-refractivity contribution in [3.63, 3.8) is 0 Å². The number of amides is 1. The van der Waals surface area contributed by atoms with Crippen LogP contribution >= 0.6 is 11.8 Å². The Balaban J connectivity index is 1.47. The SMILES string of the molecule is Cc1cc([N+](=O)[O-])ccc1NC(=O)CSc1ncc(-c2ccccc2)n1CC1CCCO1. The van der Waals surface area contributed by atoms with Crippen molar-refractivity contribution in [2.75, 3.05) is 17.7 Å². The predicted octanol–water partition coefficient (Wildman–Crippen LogP) is 4.68. The molecule has 0 radical (unpaired) electrons. The predicted molar refractivity (Wildman–Crippen MR) is 124 cm³/mol. The van der Waals surface area contributed by atoms with Crippen LogP contribution < -0.4 is 5.32 Å². The van der Waals surface area contributed by atoms with E-state index in [0.29, 0.717) is 17.8 Å². The Bertz CT molecular complexity index is 1110. The van der Waals surface area contributed by atoms with Gasteiger partial charge in [0, 0.05) is 24.4 Å². The Kier molecular flexibility index (Phi) is 6.87. The summed E-state index contributed by atoms with van der Waals surface area (Å²) in [7, 11) is 0. The van der Waals surface area contributed by atoms with Gasteiger partial charge in [-0.05, 0) is 37.0 Å². The van der Waals surface area contributed by atoms with Gasteiger partial charge in [-0.25, -0.2) is 4.98 Å². The normalized spacial score (nSPS) is 15.6. The first-order valence-corrected chi connectivity index (χ1v) is 11.4. The number of carbonyl (C=O) groups is 1. The summed E-state index contributed by atoms with van der Waals surface area (Å²) in [6, 6.07) is 14.4. The molecule has 1 aliphatic rings. The number of ether oxygens (including phenoxy) is 1. The number of nitro groups is 1. The van der Waals surface area contributed by atoms with Crippen LogP contribution in [0.3, 0.4) is 0 Å². The molecule has 3 aromatic rings. The molecule has 2 aromatic carbocycles. The Morgan fingerprint density at radius 2 is 2.12 bits per heavy atom. The highest BCUT2D eigenvalue weighted by Gasteiger charge is 2.21. The summed E-state index contributed by atoms with van der Waals surface area (Å²) in [5.41, 5.74) is 3.27. The van der Waals surface area contributed by atoms with E-state index in [2.05, 4.69) is 14.9 Å². The van der Waals surface area contributed by atoms with E-state index in [4.69, 9.17) is 4.74 Å². The second-order valence-corrected chi connectivity index (χ2v) is 8.57. The largest absolute Gasteiger partial charge is 0.376 e. The molecule has 166 valence electrons. The summed E-state index contributed by atoms with van der Waals surface area (Å²) in [4.78, 5) is 27.6. The molecule has 1 N–H and O–H groups in total. The minimum atomic E-state index is -0.452. The van der Waals surface area contributed by atoms with Gasteiger partial charge in [0.25, 0.3) is 5.69 Å². The number of carbonyl (C=O) groups excluding carboxylic acids is 1. The highest BCUT2D eigenvalue weighted by atomic mass is 32.2. The lowest BCUT2D eigenvalue weighted by atomic mass is 10.1. The van der Waals surface area contributed by atoms with E-state index in [-0.39, 0.29) is 23.5 Å². The summed E-state index contributed by atoms with van der Waals surface area (Å²) in [5, 5.41) is 14.5. The Hall–Kier alpha value is -3.17. The van der Waals surface area contributed by atoms with Crippen molar-refractivity contribution in [3.05, 3.63) is 70.4 Å². The van der Waals surface area contributed by atoms with E-state index in [1.807, 2.05) is 36.5 Å². The Morgan fingerprint density at radius 3 is 2.81 bits per heavy atom. The lowest BCUT2D eigenvalue weighted by molar-refractivity contribution is -0.384. The molecular weight excluding hydrogens is 428 g/mol. The summed E-state index contributed by atoms with van der Waals surface area (Å²) in [6.45, 7) is 3.20. The zero-order valence-corrected chi connectivity index (χ0v) is 18.5. The molecule has 1 amide bonds. The fourth-order valence-electron chi connectivity index (χ4n) is 3.70. The number of aryl methyl sites for hydroxylation is 1. The summed E-state index contributed by atoms with van der Waals surface area (Å²) in [5.74, 6) is -0.0208. The standard InChI is InChI=1S/C23H24N4O4S/c1-16-12-18(27(29)30)9-10-20(16)25-22(28)15-32-23-24-13-21(17-6-3-2-4-7-17)26(23)14-19-8-5-11-31-19/h2-4,6-7,9-10,12-13,19H,5,8,11,14-15H2,1H3,(H,25,28). The van der Waals surface area contributed by atoms with Crippen molar-refractivity contribution in [1.82, 2.24) is 9.55 Å². The molecule has 1 atom stereocenters. The number of thioether (sulfide) groups is 1. The van der Waals surface area contributed by atoms with Gasteiger partial charge in [0.15, 0.2) is 5.16 Å². The molecule has 1 unspecified atom stereocenters. The number of anilines is 1. The number of aromatic nitrogens is 2. The van der Waals surface area contributed by atoms with E-state index in [1.165, 1.54) is 23.9 Å². The molecule has 8 nitrogen and oxygen atoms in total. The summed E-state index contributed by atoms with van der Waals surface area (Å²) >= 11 is 1.36. The maximum absolute atomic E-state index is 12.6. The topological polar surface area (TPSA) is 99.3 Å². The Labute approximate surface area is 190 Å². The number of benzene rings is 2. The average molecular weight is 453 g/mol. The summed E-state index contributed by atoms with van der Waals surface area (Å²) in [6.07, 6.45) is 4.04. The minimum absolute atomic E-state index is 0.000487. The number of imidazole rings is 1. The average Bonchev–Trinajstić information content (AvgIpc) is 3.44. The third-order valence-corrected chi connectivity index (χ3v) is 6.32. The van der Waals surface area contributed by atoms with Crippen molar-refractivity contribution >= 4 is 29.0 Å². The van der Waals surface area contributed by atoms with E-state index < -0.39 is 4.92 Å². The number of nitro benzene ring substituents is 1. The van der Waals surface area contributed by atoms with Crippen molar-refractivity contribution in [1.29, 1.82) is 0 Å². The molecule has 1 saturated heterocycles. The van der Waals surface area contributed by atoms with E-state index in [1.54, 1.807) is 13.0 Å². The lowest BCUT2D eigenvalue weighted by Gasteiger charge is -2.16. The fraction of sp³-hybridized carbons (Fsp3) is 0.304. The van der Waals surface area contributed by atoms with Crippen LogP contribution in [0.5, 0.6) is 0 Å². The van der Waals surface area contributed by atoms with Crippen LogP contribution in [0, 0.1) is 17.0 Å². The van der Waals surface area contributed by atoms with Gasteiger partial charge in [0.2, 0.25) is 5.91 Å². The molecule has 0 spiro atoms. The highest BCUT2D eigenvalue weighted by molar-refractivity contribution is 7.99. The van der Waals surface area contributed by atoms with E-state index >= 15 is 0 Å². The number of nitrogens with zero attached hydrogens (tertiary/aromatic N) is 3. The Morgan fingerprint density at radius 1 is 1.31 bits per heavy atom. The third-order valence-electron chi connectivity index (χ3n) is 5.33. The molecule has 4 rings (SSSR count). The van der Waals surface area contributed by atoms with Crippen molar-refractivity contribution in [3.8, 4) is 11.3 Å². The molecule has 1 fully saturated rings. The molecule has 1 aromatic heterocycles. The number of hydrogen-bond donors (Lipinski definition) is 1. The monoisotopic (exact) mass is 452 g/mol. The maximum Gasteiger partial charge on any atom is 0.269 e. The van der Waals surface area contributed by atoms with Gasteiger partial charge >= 0.3 is 0 Å². The van der Waals surface area contributed by atoms with Crippen LogP contribution in [-0.2, 0) is 16.1 Å². The van der Waals surface area contributed by atoms with Gasteiger partial charge in [-0.15, -0.1) is 0 Å². The number of nitrogens with one attached hydrogen (secondary N) is 1. The number of rotatable bonds is 8. The first-order chi connectivity index (χ1) is 15.5. The summed E-state index contributed by atoms with van der Waals surface area (Å²) < 4.78 is 7.96. The minimum Gasteiger partial charge on any atom is -0.376 e. The molecule has 32 heavy (non-hydrogen) atoms. The lowest BCUT2D eigenvalue weighted by Crippen LogP contribution is -2.18.